The van der Waals surface area contributed by atoms with E-state index in [2.05, 4.69) is 0 Å². The van der Waals surface area contributed by atoms with Gasteiger partial charge >= 0.3 is 0 Å². The fourth-order valence-corrected chi connectivity index (χ4v) is 3.53. The topological polar surface area (TPSA) is 59.1 Å². The molecule has 2 amide bonds. The standard InChI is InChI=1S/C25H32N2O4/c1-19-10-11-22(17-21(19)3)31-18-25(29)27-14-12-26(13-15-27)24(28)9-6-16-30-23-8-5-4-7-20(23)2/h4-5,7-8,10-11,17H,6,9,12-16,18H2,1-3H3. The molecule has 166 valence electrons. The van der Waals surface area contributed by atoms with Gasteiger partial charge in [-0.2, -0.15) is 0 Å². The van der Waals surface area contributed by atoms with E-state index in [1.54, 1.807) is 4.90 Å². The van der Waals surface area contributed by atoms with Crippen LogP contribution in [-0.4, -0.2) is 61.0 Å². The summed E-state index contributed by atoms with van der Waals surface area (Å²) in [5, 5.41) is 0. The average Bonchev–Trinajstić information content (AvgIpc) is 2.78. The van der Waals surface area contributed by atoms with Gasteiger partial charge in [-0.05, 0) is 62.1 Å². The molecule has 1 saturated heterocycles. The van der Waals surface area contributed by atoms with Crippen molar-refractivity contribution in [1.82, 2.24) is 9.80 Å². The predicted molar refractivity (Wildman–Crippen MR) is 120 cm³/mol. The normalized spacial score (nSPS) is 13.8. The molecule has 2 aromatic rings. The number of benzene rings is 2. The highest BCUT2D eigenvalue weighted by Crippen LogP contribution is 2.18. The third-order valence-electron chi connectivity index (χ3n) is 5.71. The Balaban J connectivity index is 1.34. The van der Waals surface area contributed by atoms with Gasteiger partial charge in [0.15, 0.2) is 6.61 Å². The van der Waals surface area contributed by atoms with E-state index in [-0.39, 0.29) is 18.4 Å². The lowest BCUT2D eigenvalue weighted by atomic mass is 10.1. The Morgan fingerprint density at radius 1 is 0.806 bits per heavy atom. The van der Waals surface area contributed by atoms with Crippen molar-refractivity contribution in [3.63, 3.8) is 0 Å². The maximum Gasteiger partial charge on any atom is 0.260 e. The van der Waals surface area contributed by atoms with Crippen LogP contribution in [0.1, 0.15) is 29.5 Å². The molecule has 1 aliphatic rings. The number of piperazine rings is 1. The summed E-state index contributed by atoms with van der Waals surface area (Å²) in [4.78, 5) is 28.5. The molecule has 0 N–H and O–H groups in total. The molecule has 0 atom stereocenters. The van der Waals surface area contributed by atoms with Crippen LogP contribution in [0.3, 0.4) is 0 Å². The van der Waals surface area contributed by atoms with Crippen LogP contribution < -0.4 is 9.47 Å². The van der Waals surface area contributed by atoms with E-state index >= 15 is 0 Å². The zero-order valence-electron chi connectivity index (χ0n) is 18.7. The van der Waals surface area contributed by atoms with Gasteiger partial charge in [0.1, 0.15) is 11.5 Å². The number of amides is 2. The van der Waals surface area contributed by atoms with Crippen molar-refractivity contribution in [2.45, 2.75) is 33.6 Å². The maximum atomic E-state index is 12.5. The quantitative estimate of drug-likeness (QED) is 0.609. The largest absolute Gasteiger partial charge is 0.493 e. The summed E-state index contributed by atoms with van der Waals surface area (Å²) in [5.41, 5.74) is 3.43. The number of carbonyl (C=O) groups excluding carboxylic acids is 2. The van der Waals surface area contributed by atoms with Crippen molar-refractivity contribution in [2.75, 3.05) is 39.4 Å². The smallest absolute Gasteiger partial charge is 0.260 e. The molecule has 6 heteroatoms. The lowest BCUT2D eigenvalue weighted by Crippen LogP contribution is -2.51. The van der Waals surface area contributed by atoms with Gasteiger partial charge in [-0.3, -0.25) is 9.59 Å². The number of nitrogens with zero attached hydrogens (tertiary/aromatic N) is 2. The second kappa shape index (κ2) is 10.8. The van der Waals surface area contributed by atoms with E-state index < -0.39 is 0 Å². The molecule has 0 spiro atoms. The second-order valence-electron chi connectivity index (χ2n) is 8.01. The number of aryl methyl sites for hydroxylation is 3. The Bertz CT molecular complexity index is 904. The molecule has 0 radical (unpaired) electrons. The average molecular weight is 425 g/mol. The van der Waals surface area contributed by atoms with Gasteiger partial charge in [-0.1, -0.05) is 24.3 Å². The van der Waals surface area contributed by atoms with Gasteiger partial charge in [0.25, 0.3) is 5.91 Å². The zero-order valence-corrected chi connectivity index (χ0v) is 18.7. The van der Waals surface area contributed by atoms with Gasteiger partial charge < -0.3 is 19.3 Å². The first-order valence-electron chi connectivity index (χ1n) is 10.9. The lowest BCUT2D eigenvalue weighted by Gasteiger charge is -2.34. The highest BCUT2D eigenvalue weighted by molar-refractivity contribution is 5.79. The number of carbonyl (C=O) groups is 2. The van der Waals surface area contributed by atoms with Crippen molar-refractivity contribution < 1.29 is 19.1 Å². The molecule has 1 aliphatic heterocycles. The number of hydrogen-bond acceptors (Lipinski definition) is 4. The summed E-state index contributed by atoms with van der Waals surface area (Å²) >= 11 is 0. The van der Waals surface area contributed by atoms with Crippen molar-refractivity contribution in [1.29, 1.82) is 0 Å². The van der Waals surface area contributed by atoms with Crippen LogP contribution in [0.15, 0.2) is 42.5 Å². The van der Waals surface area contributed by atoms with Gasteiger partial charge in [0, 0.05) is 32.6 Å². The Hall–Kier alpha value is -3.02. The van der Waals surface area contributed by atoms with Crippen LogP contribution in [0.5, 0.6) is 11.5 Å². The molecule has 2 aromatic carbocycles. The van der Waals surface area contributed by atoms with E-state index in [0.717, 1.165) is 16.9 Å². The fourth-order valence-electron chi connectivity index (χ4n) is 3.53. The number of para-hydroxylation sites is 1. The third-order valence-corrected chi connectivity index (χ3v) is 5.71. The summed E-state index contributed by atoms with van der Waals surface area (Å²) in [5.74, 6) is 1.65. The van der Waals surface area contributed by atoms with Crippen molar-refractivity contribution in [3.05, 3.63) is 59.2 Å². The monoisotopic (exact) mass is 424 g/mol. The summed E-state index contributed by atoms with van der Waals surface area (Å²) in [6, 6.07) is 13.7. The highest BCUT2D eigenvalue weighted by Gasteiger charge is 2.24. The lowest BCUT2D eigenvalue weighted by molar-refractivity contribution is -0.140. The van der Waals surface area contributed by atoms with Gasteiger partial charge in [0.2, 0.25) is 5.91 Å². The van der Waals surface area contributed by atoms with Gasteiger partial charge in [-0.15, -0.1) is 0 Å². The molecule has 1 fully saturated rings. The van der Waals surface area contributed by atoms with Crippen molar-refractivity contribution in [2.24, 2.45) is 0 Å². The summed E-state index contributed by atoms with van der Waals surface area (Å²) in [6.45, 7) is 8.82. The molecule has 1 heterocycles. The van der Waals surface area contributed by atoms with E-state index in [4.69, 9.17) is 9.47 Å². The number of hydrogen-bond donors (Lipinski definition) is 0. The molecule has 0 aromatic heterocycles. The van der Waals surface area contributed by atoms with Gasteiger partial charge in [0.05, 0.1) is 6.61 Å². The molecule has 0 aliphatic carbocycles. The van der Waals surface area contributed by atoms with Crippen LogP contribution in [0.25, 0.3) is 0 Å². The molecular formula is C25H32N2O4. The molecule has 6 nitrogen and oxygen atoms in total. The van der Waals surface area contributed by atoms with E-state index in [0.29, 0.717) is 51.4 Å². The number of ether oxygens (including phenoxy) is 2. The minimum Gasteiger partial charge on any atom is -0.493 e. The van der Waals surface area contributed by atoms with Crippen molar-refractivity contribution >= 4 is 11.8 Å². The fraction of sp³-hybridized carbons (Fsp3) is 0.440. The molecule has 3 rings (SSSR count). The molecule has 31 heavy (non-hydrogen) atoms. The predicted octanol–water partition coefficient (Wildman–Crippen LogP) is 3.52. The maximum absolute atomic E-state index is 12.5. The molecule has 0 saturated carbocycles. The second-order valence-corrected chi connectivity index (χ2v) is 8.01. The molecule has 0 bridgehead atoms. The van der Waals surface area contributed by atoms with Crippen molar-refractivity contribution in [3.8, 4) is 11.5 Å². The minimum atomic E-state index is -0.0445. The first-order valence-corrected chi connectivity index (χ1v) is 10.9. The Kier molecular flexibility index (Phi) is 7.93. The first-order chi connectivity index (χ1) is 14.9. The zero-order chi connectivity index (χ0) is 22.2. The summed E-state index contributed by atoms with van der Waals surface area (Å²) < 4.78 is 11.4. The minimum absolute atomic E-state index is 0.0205. The Morgan fingerprint density at radius 3 is 2.16 bits per heavy atom. The van der Waals surface area contributed by atoms with E-state index in [1.807, 2.05) is 68.1 Å². The van der Waals surface area contributed by atoms with Gasteiger partial charge in [-0.25, -0.2) is 0 Å². The van der Waals surface area contributed by atoms with E-state index in [1.165, 1.54) is 5.56 Å². The Labute approximate surface area is 184 Å². The summed E-state index contributed by atoms with van der Waals surface area (Å²) in [6.07, 6.45) is 1.13. The molecule has 0 unspecified atom stereocenters. The Morgan fingerprint density at radius 2 is 1.48 bits per heavy atom. The van der Waals surface area contributed by atoms with Crippen LogP contribution in [0, 0.1) is 20.8 Å². The van der Waals surface area contributed by atoms with Crippen LogP contribution in [0.4, 0.5) is 0 Å². The van der Waals surface area contributed by atoms with E-state index in [9.17, 15) is 9.59 Å². The number of rotatable bonds is 8. The first kappa shape index (κ1) is 22.7. The highest BCUT2D eigenvalue weighted by atomic mass is 16.5. The summed E-state index contributed by atoms with van der Waals surface area (Å²) in [7, 11) is 0. The van der Waals surface area contributed by atoms with Crippen LogP contribution in [0.2, 0.25) is 0 Å². The third kappa shape index (κ3) is 6.48. The SMILES string of the molecule is Cc1ccc(OCC(=O)N2CCN(C(=O)CCCOc3ccccc3C)CC2)cc1C. The molecular weight excluding hydrogens is 392 g/mol. The van der Waals surface area contributed by atoms with Crippen LogP contribution >= 0.6 is 0 Å². The van der Waals surface area contributed by atoms with Crippen LogP contribution in [-0.2, 0) is 9.59 Å².